The van der Waals surface area contributed by atoms with Crippen LogP contribution in [0, 0.1) is 5.92 Å². The molecule has 0 saturated heterocycles. The Kier molecular flexibility index (Phi) is 24.0. The molecule has 256 valence electrons. The molecule has 2 aromatic carbocycles. The Bertz CT molecular complexity index is 1010. The maximum absolute atomic E-state index is 5.49. The van der Waals surface area contributed by atoms with Gasteiger partial charge in [0.2, 0.25) is 0 Å². The fourth-order valence-corrected chi connectivity index (χ4v) is 4.39. The summed E-state index contributed by atoms with van der Waals surface area (Å²) >= 11 is 0. The van der Waals surface area contributed by atoms with Crippen LogP contribution in [0.3, 0.4) is 0 Å². The van der Waals surface area contributed by atoms with Crippen molar-refractivity contribution in [2.24, 2.45) is 21.6 Å². The van der Waals surface area contributed by atoms with Crippen molar-refractivity contribution < 1.29 is 0 Å². The van der Waals surface area contributed by atoms with Gasteiger partial charge in [0.05, 0.1) is 24.8 Å². The normalized spacial score (nSPS) is 15.1. The number of nitrogens with one attached hydrogen (secondary N) is 1. The van der Waals surface area contributed by atoms with Gasteiger partial charge in [-0.3, -0.25) is 9.98 Å². The fourth-order valence-electron chi connectivity index (χ4n) is 4.39. The van der Waals surface area contributed by atoms with Gasteiger partial charge < -0.3 is 16.0 Å². The van der Waals surface area contributed by atoms with Crippen molar-refractivity contribution in [1.82, 2.24) is 10.2 Å². The number of hydrogen-bond acceptors (Lipinski definition) is 4. The lowest BCUT2D eigenvalue weighted by molar-refractivity contribution is 0.420. The Balaban J connectivity index is 0.000000582. The molecular weight excluding hydrogens is 550 g/mol. The second-order valence-electron chi connectivity index (χ2n) is 12.7. The van der Waals surface area contributed by atoms with Crippen LogP contribution >= 0.6 is 0 Å². The molecule has 1 heterocycles. The highest BCUT2D eigenvalue weighted by Crippen LogP contribution is 2.23. The fraction of sp³-hybridized carbons (Fsp3) is 0.650. The zero-order valence-corrected chi connectivity index (χ0v) is 31.4. The first-order chi connectivity index (χ1) is 21.5. The number of aliphatic imine (C=N–C) groups is 2. The van der Waals surface area contributed by atoms with Crippen LogP contribution in [0.5, 0.6) is 0 Å². The third-order valence-corrected chi connectivity index (χ3v) is 8.87. The summed E-state index contributed by atoms with van der Waals surface area (Å²) in [5.41, 5.74) is 11.3. The quantitative estimate of drug-likeness (QED) is 0.173. The predicted octanol–water partition coefficient (Wildman–Crippen LogP) is 9.83. The summed E-state index contributed by atoms with van der Waals surface area (Å²) in [5, 5.41) is 3.26. The largest absolute Gasteiger partial charge is 0.387 e. The van der Waals surface area contributed by atoms with E-state index in [1.807, 2.05) is 21.0 Å². The van der Waals surface area contributed by atoms with E-state index in [2.05, 4.69) is 131 Å². The van der Waals surface area contributed by atoms with Crippen LogP contribution in [0.15, 0.2) is 58.5 Å². The van der Waals surface area contributed by atoms with Crippen molar-refractivity contribution in [2.75, 3.05) is 40.3 Å². The standard InChI is InChI=1S/C14H22.C12H18.C7H17N3.C7H14N2/c1-5-11(3)13-7-9-14(10-8-13)12(4)6-2;1-4-10(3)12-8-6-11(5-2)7-9-12;1-4-7(8)9-5-6-10(2)3;1-3-6(2)7-8-4-5-9-7/h7-12H,5-6H2,1-4H3;6-10H,4-5H2,1-3H3;4-6H2,1-3H3,(H2,8,9);6H,3-5H2,1-2H3,(H,8,9). The minimum absolute atomic E-state index is 0.632. The zero-order valence-electron chi connectivity index (χ0n) is 31.4. The number of rotatable bonds is 13. The molecule has 5 nitrogen and oxygen atoms in total. The monoisotopic (exact) mass is 622 g/mol. The number of amidine groups is 2. The number of benzene rings is 2. The lowest BCUT2D eigenvalue weighted by atomic mass is 9.93. The highest BCUT2D eigenvalue weighted by molar-refractivity contribution is 5.85. The molecule has 0 radical (unpaired) electrons. The number of nitrogens with two attached hydrogens (primary N) is 1. The van der Waals surface area contributed by atoms with Gasteiger partial charge in [-0.2, -0.15) is 0 Å². The van der Waals surface area contributed by atoms with E-state index in [-0.39, 0.29) is 0 Å². The van der Waals surface area contributed by atoms with Crippen molar-refractivity contribution >= 4 is 11.7 Å². The molecule has 0 saturated carbocycles. The van der Waals surface area contributed by atoms with Crippen molar-refractivity contribution in [2.45, 2.75) is 126 Å². The van der Waals surface area contributed by atoms with Crippen LogP contribution in [-0.4, -0.2) is 56.8 Å². The Morgan fingerprint density at radius 1 is 0.733 bits per heavy atom. The second-order valence-corrected chi connectivity index (χ2v) is 12.7. The summed E-state index contributed by atoms with van der Waals surface area (Å²) < 4.78 is 0. The van der Waals surface area contributed by atoms with Crippen LogP contribution < -0.4 is 11.1 Å². The molecule has 1 aliphatic heterocycles. The molecule has 4 unspecified atom stereocenters. The summed E-state index contributed by atoms with van der Waals surface area (Å²) in [4.78, 5) is 10.5. The van der Waals surface area contributed by atoms with Crippen LogP contribution in [0.2, 0.25) is 0 Å². The molecule has 0 fully saturated rings. The molecule has 0 spiro atoms. The first kappa shape index (κ1) is 42.3. The van der Waals surface area contributed by atoms with Gasteiger partial charge in [-0.1, -0.05) is 118 Å². The summed E-state index contributed by atoms with van der Waals surface area (Å²) in [6.45, 7) is 26.0. The number of aryl methyl sites for hydroxylation is 1. The maximum atomic E-state index is 5.49. The molecule has 0 aliphatic carbocycles. The highest BCUT2D eigenvalue weighted by Gasteiger charge is 2.10. The van der Waals surface area contributed by atoms with Crippen molar-refractivity contribution in [3.8, 4) is 0 Å². The van der Waals surface area contributed by atoms with E-state index in [4.69, 9.17) is 5.73 Å². The molecule has 1 aliphatic rings. The Labute approximate surface area is 279 Å². The molecule has 2 aromatic rings. The van der Waals surface area contributed by atoms with Gasteiger partial charge in [0.1, 0.15) is 0 Å². The SMILES string of the molecule is CCC(C)C1=NCCN1.CCC(C)c1ccc(C(C)CC)cc1.CCC(N)=NCCN(C)C.CCc1ccc(C(C)CC)cc1. The average Bonchev–Trinajstić information content (AvgIpc) is 3.63. The van der Waals surface area contributed by atoms with E-state index in [9.17, 15) is 0 Å². The smallest absolute Gasteiger partial charge is 0.0992 e. The van der Waals surface area contributed by atoms with Gasteiger partial charge in [-0.25, -0.2) is 0 Å². The number of hydrogen-bond donors (Lipinski definition) is 2. The zero-order chi connectivity index (χ0) is 34.2. The third-order valence-electron chi connectivity index (χ3n) is 8.87. The van der Waals surface area contributed by atoms with Crippen LogP contribution in [-0.2, 0) is 6.42 Å². The van der Waals surface area contributed by atoms with Crippen LogP contribution in [0.1, 0.15) is 141 Å². The number of nitrogens with zero attached hydrogens (tertiary/aromatic N) is 3. The van der Waals surface area contributed by atoms with E-state index in [1.54, 1.807) is 0 Å². The predicted molar refractivity (Wildman–Crippen MR) is 203 cm³/mol. The minimum Gasteiger partial charge on any atom is -0.387 e. The van der Waals surface area contributed by atoms with Gasteiger partial charge in [0.25, 0.3) is 0 Å². The summed E-state index contributed by atoms with van der Waals surface area (Å²) in [6.07, 6.45) is 6.86. The Morgan fingerprint density at radius 3 is 1.47 bits per heavy atom. The average molecular weight is 622 g/mol. The van der Waals surface area contributed by atoms with Crippen molar-refractivity contribution in [1.29, 1.82) is 0 Å². The van der Waals surface area contributed by atoms with E-state index >= 15 is 0 Å². The Morgan fingerprint density at radius 2 is 1.16 bits per heavy atom. The van der Waals surface area contributed by atoms with E-state index in [0.29, 0.717) is 23.7 Å². The van der Waals surface area contributed by atoms with Gasteiger partial charge in [-0.15, -0.1) is 0 Å². The van der Waals surface area contributed by atoms with Crippen LogP contribution in [0.25, 0.3) is 0 Å². The van der Waals surface area contributed by atoms with Crippen molar-refractivity contribution in [3.05, 3.63) is 70.8 Å². The first-order valence-electron chi connectivity index (χ1n) is 17.9. The molecule has 45 heavy (non-hydrogen) atoms. The summed E-state index contributed by atoms with van der Waals surface area (Å²) in [5.74, 6) is 4.68. The Hall–Kier alpha value is -2.66. The summed E-state index contributed by atoms with van der Waals surface area (Å²) in [6, 6.07) is 18.1. The third kappa shape index (κ3) is 18.8. The van der Waals surface area contributed by atoms with Gasteiger partial charge in [0, 0.05) is 25.4 Å². The van der Waals surface area contributed by atoms with Gasteiger partial charge >= 0.3 is 0 Å². The van der Waals surface area contributed by atoms with Gasteiger partial charge in [0.15, 0.2) is 0 Å². The minimum atomic E-state index is 0.632. The summed E-state index contributed by atoms with van der Waals surface area (Å²) in [7, 11) is 4.05. The maximum Gasteiger partial charge on any atom is 0.0992 e. The first-order valence-corrected chi connectivity index (χ1v) is 17.9. The van der Waals surface area contributed by atoms with Gasteiger partial charge in [-0.05, 0) is 86.2 Å². The molecule has 5 heteroatoms. The number of likely N-dealkylation sites (N-methyl/N-ethyl adjacent to an activating group) is 1. The molecule has 0 bridgehead atoms. The molecule has 0 amide bonds. The molecule has 3 N–H and O–H groups in total. The van der Waals surface area contributed by atoms with E-state index < -0.39 is 0 Å². The highest BCUT2D eigenvalue weighted by atomic mass is 15.1. The van der Waals surface area contributed by atoms with Crippen molar-refractivity contribution in [3.63, 3.8) is 0 Å². The lowest BCUT2D eigenvalue weighted by Crippen LogP contribution is -2.24. The van der Waals surface area contributed by atoms with E-state index in [0.717, 1.165) is 44.9 Å². The molecule has 0 aromatic heterocycles. The second kappa shape index (κ2) is 25.5. The van der Waals surface area contributed by atoms with Crippen LogP contribution in [0.4, 0.5) is 0 Å². The topological polar surface area (TPSA) is 66.0 Å². The molecule has 3 rings (SSSR count). The lowest BCUT2D eigenvalue weighted by Gasteiger charge is -2.12. The van der Waals surface area contributed by atoms with E-state index in [1.165, 1.54) is 53.8 Å². The molecular formula is C40H71N5. The molecule has 4 atom stereocenters.